The van der Waals surface area contributed by atoms with Crippen molar-refractivity contribution in [2.75, 3.05) is 5.73 Å². The van der Waals surface area contributed by atoms with Crippen molar-refractivity contribution in [3.8, 4) is 17.9 Å². The molecule has 1 aliphatic heterocycles. The molecule has 0 bridgehead atoms. The van der Waals surface area contributed by atoms with Gasteiger partial charge in [0.05, 0.1) is 0 Å². The third-order valence-electron chi connectivity index (χ3n) is 3.56. The predicted molar refractivity (Wildman–Crippen MR) is 93.2 cm³/mol. The molecule has 4 heteroatoms. The van der Waals surface area contributed by atoms with Gasteiger partial charge in [0.25, 0.3) is 0 Å². The standard InChI is InChI=1S/C20H13N3O/c21-12-15(13-22)19-11-17(24-20-4-2-1-3-18(19)20)10-7-14-5-8-16(23)9-6-14/h1-11H,23H2. The molecule has 2 N–H and O–H groups in total. The molecule has 0 spiro atoms. The largest absolute Gasteiger partial charge is 0.457 e. The Bertz CT molecular complexity index is 936. The monoisotopic (exact) mass is 311 g/mol. The maximum absolute atomic E-state index is 9.19. The number of allylic oxidation sites excluding steroid dienone is 4. The number of nitrogen functional groups attached to an aromatic ring is 1. The van der Waals surface area contributed by atoms with Crippen LogP contribution in [0.15, 0.2) is 72.0 Å². The molecule has 0 fully saturated rings. The molecule has 0 aliphatic carbocycles. The van der Waals surface area contributed by atoms with E-state index in [1.807, 2.05) is 66.7 Å². The fraction of sp³-hybridized carbons (Fsp3) is 0. The van der Waals surface area contributed by atoms with Crippen LogP contribution in [0.3, 0.4) is 0 Å². The first kappa shape index (κ1) is 15.1. The normalized spacial score (nSPS) is 12.6. The van der Waals surface area contributed by atoms with Crippen LogP contribution in [0.25, 0.3) is 11.6 Å². The highest BCUT2D eigenvalue weighted by Gasteiger charge is 2.18. The molecular formula is C20H13N3O. The Morgan fingerprint density at radius 1 is 0.958 bits per heavy atom. The number of rotatable bonds is 2. The first-order valence-corrected chi connectivity index (χ1v) is 7.28. The number of nitrogens with zero attached hydrogens (tertiary/aromatic N) is 2. The van der Waals surface area contributed by atoms with Gasteiger partial charge < -0.3 is 10.5 Å². The van der Waals surface area contributed by atoms with E-state index >= 15 is 0 Å². The van der Waals surface area contributed by atoms with Gasteiger partial charge in [0.1, 0.15) is 29.2 Å². The van der Waals surface area contributed by atoms with Crippen molar-refractivity contribution in [3.05, 3.63) is 83.1 Å². The van der Waals surface area contributed by atoms with Gasteiger partial charge in [-0.25, -0.2) is 0 Å². The number of anilines is 1. The zero-order valence-electron chi connectivity index (χ0n) is 12.7. The van der Waals surface area contributed by atoms with Gasteiger partial charge in [0, 0.05) is 16.8 Å². The van der Waals surface area contributed by atoms with E-state index in [4.69, 9.17) is 10.5 Å². The van der Waals surface area contributed by atoms with Crippen molar-refractivity contribution >= 4 is 17.3 Å². The van der Waals surface area contributed by atoms with E-state index in [-0.39, 0.29) is 5.57 Å². The molecule has 0 unspecified atom stereocenters. The molecule has 4 nitrogen and oxygen atoms in total. The van der Waals surface area contributed by atoms with Crippen LogP contribution in [-0.2, 0) is 0 Å². The Balaban J connectivity index is 2.01. The lowest BCUT2D eigenvalue weighted by Crippen LogP contribution is -2.03. The molecule has 24 heavy (non-hydrogen) atoms. The summed E-state index contributed by atoms with van der Waals surface area (Å²) in [6, 6.07) is 18.7. The van der Waals surface area contributed by atoms with E-state index < -0.39 is 0 Å². The minimum atomic E-state index is 0.0594. The summed E-state index contributed by atoms with van der Waals surface area (Å²) < 4.78 is 5.84. The van der Waals surface area contributed by atoms with Gasteiger partial charge in [0.2, 0.25) is 0 Å². The third-order valence-corrected chi connectivity index (χ3v) is 3.56. The van der Waals surface area contributed by atoms with E-state index in [0.717, 1.165) is 11.1 Å². The molecule has 0 aromatic heterocycles. The fourth-order valence-electron chi connectivity index (χ4n) is 2.37. The molecule has 0 saturated heterocycles. The highest BCUT2D eigenvalue weighted by Crippen LogP contribution is 2.35. The number of nitrogens with two attached hydrogens (primary N) is 1. The van der Waals surface area contributed by atoms with Gasteiger partial charge in [-0.15, -0.1) is 0 Å². The zero-order valence-corrected chi connectivity index (χ0v) is 12.7. The van der Waals surface area contributed by atoms with E-state index in [1.165, 1.54) is 0 Å². The molecule has 2 aromatic carbocycles. The second kappa shape index (κ2) is 6.56. The van der Waals surface area contributed by atoms with E-state index in [1.54, 1.807) is 12.2 Å². The molecule has 0 saturated carbocycles. The molecule has 0 radical (unpaired) electrons. The molecule has 114 valence electrons. The van der Waals surface area contributed by atoms with Gasteiger partial charge in [-0.2, -0.15) is 10.5 Å². The average Bonchev–Trinajstić information content (AvgIpc) is 2.62. The van der Waals surface area contributed by atoms with Crippen LogP contribution in [0.4, 0.5) is 5.69 Å². The second-order valence-electron chi connectivity index (χ2n) is 5.16. The highest BCUT2D eigenvalue weighted by molar-refractivity contribution is 5.87. The van der Waals surface area contributed by atoms with Crippen molar-refractivity contribution in [3.63, 3.8) is 0 Å². The Kier molecular flexibility index (Phi) is 4.14. The van der Waals surface area contributed by atoms with Crippen molar-refractivity contribution < 1.29 is 4.74 Å². The topological polar surface area (TPSA) is 82.8 Å². The smallest absolute Gasteiger partial charge is 0.137 e. The summed E-state index contributed by atoms with van der Waals surface area (Å²) in [7, 11) is 0. The lowest BCUT2D eigenvalue weighted by atomic mass is 9.97. The number of hydrogen-bond donors (Lipinski definition) is 1. The first-order valence-electron chi connectivity index (χ1n) is 7.28. The van der Waals surface area contributed by atoms with Crippen LogP contribution < -0.4 is 10.5 Å². The van der Waals surface area contributed by atoms with Crippen molar-refractivity contribution in [2.24, 2.45) is 0 Å². The summed E-state index contributed by atoms with van der Waals surface area (Å²) in [5, 5.41) is 18.4. The SMILES string of the molecule is N#CC(C#N)=C1C=C(C=Cc2ccc(N)cc2)Oc2ccccc21. The molecule has 0 atom stereocenters. The molecule has 3 rings (SSSR count). The Morgan fingerprint density at radius 3 is 2.38 bits per heavy atom. The second-order valence-corrected chi connectivity index (χ2v) is 5.16. The molecule has 0 amide bonds. The van der Waals surface area contributed by atoms with Crippen LogP contribution in [0.5, 0.6) is 5.75 Å². The number of hydrogen-bond acceptors (Lipinski definition) is 4. The minimum Gasteiger partial charge on any atom is -0.457 e. The van der Waals surface area contributed by atoms with Crippen molar-refractivity contribution in [2.45, 2.75) is 0 Å². The van der Waals surface area contributed by atoms with Gasteiger partial charge in [-0.1, -0.05) is 36.4 Å². The lowest BCUT2D eigenvalue weighted by Gasteiger charge is -2.18. The third kappa shape index (κ3) is 3.04. The maximum atomic E-state index is 9.19. The van der Waals surface area contributed by atoms with Gasteiger partial charge in [-0.3, -0.25) is 0 Å². The summed E-state index contributed by atoms with van der Waals surface area (Å²) in [6.07, 6.45) is 5.39. The summed E-state index contributed by atoms with van der Waals surface area (Å²) in [6.45, 7) is 0. The molecule has 2 aromatic rings. The minimum absolute atomic E-state index is 0.0594. The summed E-state index contributed by atoms with van der Waals surface area (Å²) in [5.74, 6) is 1.18. The summed E-state index contributed by atoms with van der Waals surface area (Å²) >= 11 is 0. The Hall–Kier alpha value is -3.76. The van der Waals surface area contributed by atoms with E-state index in [2.05, 4.69) is 0 Å². The lowest BCUT2D eigenvalue weighted by molar-refractivity contribution is 0.439. The molecule has 1 aliphatic rings. The number of fused-ring (bicyclic) bond motifs is 1. The quantitative estimate of drug-likeness (QED) is 0.669. The summed E-state index contributed by atoms with van der Waals surface area (Å²) in [5.41, 5.74) is 8.71. The molecule has 1 heterocycles. The number of ether oxygens (including phenoxy) is 1. The highest BCUT2D eigenvalue weighted by atomic mass is 16.5. The van der Waals surface area contributed by atoms with E-state index in [9.17, 15) is 10.5 Å². The van der Waals surface area contributed by atoms with Crippen LogP contribution in [0.2, 0.25) is 0 Å². The maximum Gasteiger partial charge on any atom is 0.137 e. The molecular weight excluding hydrogens is 298 g/mol. The summed E-state index contributed by atoms with van der Waals surface area (Å²) in [4.78, 5) is 0. The van der Waals surface area contributed by atoms with Crippen molar-refractivity contribution in [1.82, 2.24) is 0 Å². The Labute approximate surface area is 140 Å². The van der Waals surface area contributed by atoms with Crippen LogP contribution in [-0.4, -0.2) is 0 Å². The number of benzene rings is 2. The first-order chi connectivity index (χ1) is 11.7. The van der Waals surface area contributed by atoms with E-state index in [0.29, 0.717) is 22.8 Å². The predicted octanol–water partition coefficient (Wildman–Crippen LogP) is 4.06. The fourth-order valence-corrected chi connectivity index (χ4v) is 2.37. The zero-order chi connectivity index (χ0) is 16.9. The number of para-hydroxylation sites is 1. The van der Waals surface area contributed by atoms with Gasteiger partial charge in [0.15, 0.2) is 0 Å². The average molecular weight is 311 g/mol. The van der Waals surface area contributed by atoms with Crippen LogP contribution in [0.1, 0.15) is 11.1 Å². The van der Waals surface area contributed by atoms with Crippen LogP contribution in [0, 0.1) is 22.7 Å². The van der Waals surface area contributed by atoms with Gasteiger partial charge >= 0.3 is 0 Å². The Morgan fingerprint density at radius 2 is 1.67 bits per heavy atom. The number of nitriles is 2. The van der Waals surface area contributed by atoms with Crippen molar-refractivity contribution in [1.29, 1.82) is 10.5 Å². The van der Waals surface area contributed by atoms with Crippen LogP contribution >= 0.6 is 0 Å². The van der Waals surface area contributed by atoms with Gasteiger partial charge in [-0.05, 0) is 35.9 Å².